The van der Waals surface area contributed by atoms with Crippen LogP contribution < -0.4 is 10.1 Å². The Hall–Kier alpha value is -1.03. The van der Waals surface area contributed by atoms with E-state index in [1.165, 1.54) is 0 Å². The number of hydrogen-bond acceptors (Lipinski definition) is 2. The molecule has 0 saturated heterocycles. The van der Waals surface area contributed by atoms with Crippen molar-refractivity contribution in [1.82, 2.24) is 0 Å². The number of carbonyl (C=O) groups is 1. The van der Waals surface area contributed by atoms with E-state index in [4.69, 9.17) is 4.74 Å². The van der Waals surface area contributed by atoms with Crippen molar-refractivity contribution in [3.8, 4) is 5.75 Å². The van der Waals surface area contributed by atoms with Gasteiger partial charge in [-0.2, -0.15) is 0 Å². The zero-order valence-corrected chi connectivity index (χ0v) is 10.9. The summed E-state index contributed by atoms with van der Waals surface area (Å²) in [7, 11) is 0. The highest BCUT2D eigenvalue weighted by Gasteiger charge is 2.41. The zero-order chi connectivity index (χ0) is 11.8. The number of carbonyl (C=O) groups excluding carboxylic acids is 1. The number of fused-ring (bicyclic) bond motifs is 1. The van der Waals surface area contributed by atoms with Crippen LogP contribution in [-0.2, 0) is 4.79 Å². The van der Waals surface area contributed by atoms with Crippen molar-refractivity contribution >= 4 is 27.5 Å². The predicted molar refractivity (Wildman–Crippen MR) is 66.7 cm³/mol. The van der Waals surface area contributed by atoms with E-state index in [2.05, 4.69) is 21.2 Å². The largest absolute Gasteiger partial charge is 0.475 e. The molecule has 0 bridgehead atoms. The fraction of sp³-hybridized carbons (Fsp3) is 0.417. The van der Waals surface area contributed by atoms with Gasteiger partial charge in [0, 0.05) is 4.47 Å². The smallest absolute Gasteiger partial charge is 0.268 e. The van der Waals surface area contributed by atoms with Crippen LogP contribution in [-0.4, -0.2) is 11.5 Å². The van der Waals surface area contributed by atoms with E-state index in [1.807, 2.05) is 32.0 Å². The van der Waals surface area contributed by atoms with Gasteiger partial charge in [-0.15, -0.1) is 0 Å². The van der Waals surface area contributed by atoms with Crippen LogP contribution in [0.5, 0.6) is 5.75 Å². The molecule has 1 amide bonds. The van der Waals surface area contributed by atoms with Gasteiger partial charge in [0.1, 0.15) is 5.75 Å². The van der Waals surface area contributed by atoms with Crippen molar-refractivity contribution in [2.24, 2.45) is 0 Å². The van der Waals surface area contributed by atoms with Gasteiger partial charge in [0.2, 0.25) is 0 Å². The molecule has 0 fully saturated rings. The molecular formula is C12H14BrNO2. The summed E-state index contributed by atoms with van der Waals surface area (Å²) < 4.78 is 6.78. The highest BCUT2D eigenvalue weighted by Crippen LogP contribution is 2.38. The highest BCUT2D eigenvalue weighted by molar-refractivity contribution is 9.10. The zero-order valence-electron chi connectivity index (χ0n) is 9.34. The summed E-state index contributed by atoms with van der Waals surface area (Å²) in [5.74, 6) is 0.689. The monoisotopic (exact) mass is 283 g/mol. The van der Waals surface area contributed by atoms with Crippen LogP contribution in [0, 0.1) is 0 Å². The van der Waals surface area contributed by atoms with Crippen molar-refractivity contribution in [3.63, 3.8) is 0 Å². The van der Waals surface area contributed by atoms with Crippen molar-refractivity contribution < 1.29 is 9.53 Å². The van der Waals surface area contributed by atoms with Gasteiger partial charge in [0.25, 0.3) is 5.91 Å². The Morgan fingerprint density at radius 1 is 1.38 bits per heavy atom. The lowest BCUT2D eigenvalue weighted by molar-refractivity contribution is -0.133. The number of halogens is 1. The molecule has 4 heteroatoms. The Bertz CT molecular complexity index is 427. The normalized spacial score (nSPS) is 17.3. The van der Waals surface area contributed by atoms with Crippen LogP contribution in [0.25, 0.3) is 0 Å². The van der Waals surface area contributed by atoms with Gasteiger partial charge < -0.3 is 10.1 Å². The number of nitrogens with one attached hydrogen (secondary N) is 1. The Labute approximate surface area is 103 Å². The van der Waals surface area contributed by atoms with E-state index in [9.17, 15) is 4.79 Å². The average molecular weight is 284 g/mol. The second-order valence-corrected chi connectivity index (χ2v) is 4.81. The number of benzene rings is 1. The third-order valence-electron chi connectivity index (χ3n) is 3.05. The lowest BCUT2D eigenvalue weighted by Gasteiger charge is -2.36. The second-order valence-electron chi connectivity index (χ2n) is 3.90. The van der Waals surface area contributed by atoms with Crippen LogP contribution in [0.15, 0.2) is 22.7 Å². The topological polar surface area (TPSA) is 38.3 Å². The molecule has 3 nitrogen and oxygen atoms in total. The van der Waals surface area contributed by atoms with Crippen molar-refractivity contribution in [2.45, 2.75) is 32.3 Å². The maximum atomic E-state index is 12.0. The van der Waals surface area contributed by atoms with E-state index in [-0.39, 0.29) is 5.91 Å². The van der Waals surface area contributed by atoms with Gasteiger partial charge in [0.05, 0.1) is 5.69 Å². The van der Waals surface area contributed by atoms with Gasteiger partial charge in [-0.3, -0.25) is 4.79 Å². The van der Waals surface area contributed by atoms with Gasteiger partial charge in [-0.1, -0.05) is 29.8 Å². The first-order valence-corrected chi connectivity index (χ1v) is 6.20. The number of anilines is 1. The molecule has 0 unspecified atom stereocenters. The fourth-order valence-electron chi connectivity index (χ4n) is 1.90. The lowest BCUT2D eigenvalue weighted by atomic mass is 9.94. The van der Waals surface area contributed by atoms with Crippen molar-refractivity contribution in [2.75, 3.05) is 5.32 Å². The number of amides is 1. The molecule has 16 heavy (non-hydrogen) atoms. The third kappa shape index (κ3) is 1.71. The molecular weight excluding hydrogens is 270 g/mol. The first kappa shape index (κ1) is 11.5. The highest BCUT2D eigenvalue weighted by atomic mass is 79.9. The van der Waals surface area contributed by atoms with Gasteiger partial charge in [-0.05, 0) is 31.0 Å². The molecule has 0 aliphatic carbocycles. The lowest BCUT2D eigenvalue weighted by Crippen LogP contribution is -2.49. The summed E-state index contributed by atoms with van der Waals surface area (Å²) in [5, 5.41) is 2.90. The first-order chi connectivity index (χ1) is 7.61. The summed E-state index contributed by atoms with van der Waals surface area (Å²) in [4.78, 5) is 12.0. The molecule has 2 rings (SSSR count). The molecule has 1 aliphatic heterocycles. The molecule has 0 aromatic heterocycles. The van der Waals surface area contributed by atoms with Crippen LogP contribution >= 0.6 is 15.9 Å². The average Bonchev–Trinajstić information content (AvgIpc) is 2.28. The molecule has 1 N–H and O–H groups in total. The van der Waals surface area contributed by atoms with Gasteiger partial charge in [0.15, 0.2) is 5.60 Å². The minimum atomic E-state index is -0.708. The van der Waals surface area contributed by atoms with Crippen LogP contribution in [0.3, 0.4) is 0 Å². The van der Waals surface area contributed by atoms with Crippen molar-refractivity contribution in [3.05, 3.63) is 22.7 Å². The second kappa shape index (κ2) is 4.09. The minimum absolute atomic E-state index is 0.0527. The molecule has 1 aromatic rings. The number of rotatable bonds is 2. The van der Waals surface area contributed by atoms with E-state index < -0.39 is 5.60 Å². The Morgan fingerprint density at radius 3 is 2.69 bits per heavy atom. The Morgan fingerprint density at radius 2 is 2.06 bits per heavy atom. The van der Waals surface area contributed by atoms with Crippen LogP contribution in [0.2, 0.25) is 0 Å². The van der Waals surface area contributed by atoms with E-state index >= 15 is 0 Å². The SMILES string of the molecule is CCC1(CC)Oc2ccc(Br)cc2NC1=O. The van der Waals surface area contributed by atoms with Gasteiger partial charge in [-0.25, -0.2) is 0 Å². The summed E-state index contributed by atoms with van der Waals surface area (Å²) >= 11 is 3.37. The molecule has 1 aliphatic rings. The van der Waals surface area contributed by atoms with Crippen LogP contribution in [0.1, 0.15) is 26.7 Å². The Kier molecular flexibility index (Phi) is 2.93. The number of ether oxygens (including phenoxy) is 1. The molecule has 0 saturated carbocycles. The summed E-state index contributed by atoms with van der Waals surface area (Å²) in [5.41, 5.74) is 0.0257. The predicted octanol–water partition coefficient (Wildman–Crippen LogP) is 3.34. The van der Waals surface area contributed by atoms with Gasteiger partial charge >= 0.3 is 0 Å². The maximum Gasteiger partial charge on any atom is 0.268 e. The summed E-state index contributed by atoms with van der Waals surface area (Å²) in [6.45, 7) is 3.93. The summed E-state index contributed by atoms with van der Waals surface area (Å²) in [6.07, 6.45) is 1.34. The van der Waals surface area contributed by atoms with Crippen LogP contribution in [0.4, 0.5) is 5.69 Å². The molecule has 0 radical (unpaired) electrons. The number of hydrogen-bond donors (Lipinski definition) is 1. The minimum Gasteiger partial charge on any atom is -0.475 e. The molecule has 0 atom stereocenters. The molecule has 86 valence electrons. The molecule has 1 aromatic carbocycles. The standard InChI is InChI=1S/C12H14BrNO2/c1-3-12(4-2)11(15)14-9-7-8(13)5-6-10(9)16-12/h5-7H,3-4H2,1-2H3,(H,14,15). The third-order valence-corrected chi connectivity index (χ3v) is 3.54. The molecule has 0 spiro atoms. The Balaban J connectivity index is 2.42. The fourth-order valence-corrected chi connectivity index (χ4v) is 2.26. The first-order valence-electron chi connectivity index (χ1n) is 5.41. The van der Waals surface area contributed by atoms with E-state index in [0.717, 1.165) is 15.9 Å². The quantitative estimate of drug-likeness (QED) is 0.904. The molecule has 1 heterocycles. The van der Waals surface area contributed by atoms with E-state index in [1.54, 1.807) is 0 Å². The summed E-state index contributed by atoms with van der Waals surface area (Å²) in [6, 6.07) is 5.63. The maximum absolute atomic E-state index is 12.0. The van der Waals surface area contributed by atoms with E-state index in [0.29, 0.717) is 12.8 Å². The van der Waals surface area contributed by atoms with Crippen molar-refractivity contribution in [1.29, 1.82) is 0 Å².